The minimum atomic E-state index is 0.438. The zero-order valence-corrected chi connectivity index (χ0v) is 14.9. The van der Waals surface area contributed by atoms with E-state index in [0.29, 0.717) is 40.4 Å². The quantitative estimate of drug-likeness (QED) is 0.436. The molecule has 2 aromatic rings. The molecule has 1 heterocycles. The molecule has 0 amide bonds. The second-order valence-corrected chi connectivity index (χ2v) is 6.77. The van der Waals surface area contributed by atoms with Crippen LogP contribution in [-0.4, -0.2) is 11.8 Å². The summed E-state index contributed by atoms with van der Waals surface area (Å²) in [6.07, 6.45) is 10.2. The molecule has 1 saturated carbocycles. The first-order valence-electron chi connectivity index (χ1n) is 8.16. The van der Waals surface area contributed by atoms with Crippen LogP contribution < -0.4 is 0 Å². The zero-order chi connectivity index (χ0) is 16.9. The largest absolute Gasteiger partial charge is 0.377 e. The van der Waals surface area contributed by atoms with E-state index in [0.717, 1.165) is 43.4 Å². The molecule has 0 radical (unpaired) electrons. The van der Waals surface area contributed by atoms with Gasteiger partial charge in [-0.25, -0.2) is 0 Å². The van der Waals surface area contributed by atoms with Crippen LogP contribution in [0, 0.1) is 12.3 Å². The van der Waals surface area contributed by atoms with Gasteiger partial charge in [0.25, 0.3) is 0 Å². The summed E-state index contributed by atoms with van der Waals surface area (Å²) < 4.78 is 11.4. The molecule has 5 heteroatoms. The standard InChI is InChI=1S/C19H19Cl2NO2/c1-2-3-4-5-11-23-12-14-18(22-24-19(14)13-9-10-13)17-15(20)7-6-8-16(17)21/h1,6-8,13H,3-5,9-12H2. The van der Waals surface area contributed by atoms with Crippen LogP contribution in [-0.2, 0) is 11.3 Å². The van der Waals surface area contributed by atoms with Crippen LogP contribution in [0.2, 0.25) is 10.0 Å². The van der Waals surface area contributed by atoms with Crippen LogP contribution in [0.5, 0.6) is 0 Å². The van der Waals surface area contributed by atoms with Crippen molar-refractivity contribution in [3.8, 4) is 23.6 Å². The lowest BCUT2D eigenvalue weighted by Crippen LogP contribution is -1.99. The molecule has 3 rings (SSSR count). The Morgan fingerprint density at radius 2 is 2.00 bits per heavy atom. The fourth-order valence-electron chi connectivity index (χ4n) is 2.65. The summed E-state index contributed by atoms with van der Waals surface area (Å²) in [7, 11) is 0. The van der Waals surface area contributed by atoms with Crippen molar-refractivity contribution in [2.45, 2.75) is 44.6 Å². The first-order valence-corrected chi connectivity index (χ1v) is 8.92. The number of hydrogen-bond acceptors (Lipinski definition) is 3. The Kier molecular flexibility index (Phi) is 5.84. The van der Waals surface area contributed by atoms with Crippen molar-refractivity contribution < 1.29 is 9.26 Å². The molecule has 1 aromatic heterocycles. The fourth-order valence-corrected chi connectivity index (χ4v) is 3.23. The molecule has 126 valence electrons. The monoisotopic (exact) mass is 363 g/mol. The van der Waals surface area contributed by atoms with Crippen LogP contribution >= 0.6 is 23.2 Å². The number of unbranched alkanes of at least 4 members (excludes halogenated alkanes) is 2. The first-order chi connectivity index (χ1) is 11.7. The number of terminal acetylenes is 1. The third-order valence-electron chi connectivity index (χ3n) is 4.07. The topological polar surface area (TPSA) is 35.3 Å². The smallest absolute Gasteiger partial charge is 0.145 e. The van der Waals surface area contributed by atoms with Crippen molar-refractivity contribution in [1.29, 1.82) is 0 Å². The lowest BCUT2D eigenvalue weighted by atomic mass is 10.0. The van der Waals surface area contributed by atoms with Crippen LogP contribution in [0.15, 0.2) is 22.7 Å². The highest BCUT2D eigenvalue weighted by Crippen LogP contribution is 2.46. The maximum Gasteiger partial charge on any atom is 0.145 e. The van der Waals surface area contributed by atoms with Gasteiger partial charge in [0.05, 0.1) is 16.7 Å². The van der Waals surface area contributed by atoms with Crippen molar-refractivity contribution in [3.63, 3.8) is 0 Å². The third-order valence-corrected chi connectivity index (χ3v) is 4.70. The number of rotatable bonds is 8. The van der Waals surface area contributed by atoms with Crippen LogP contribution in [0.25, 0.3) is 11.3 Å². The SMILES string of the molecule is C#CCCCCOCc1c(-c2c(Cl)cccc2Cl)noc1C1CC1. The highest BCUT2D eigenvalue weighted by atomic mass is 35.5. The molecule has 1 aliphatic rings. The first kappa shape index (κ1) is 17.4. The number of benzene rings is 1. The maximum absolute atomic E-state index is 6.33. The van der Waals surface area contributed by atoms with Crippen molar-refractivity contribution in [3.05, 3.63) is 39.6 Å². The van der Waals surface area contributed by atoms with E-state index < -0.39 is 0 Å². The number of aromatic nitrogens is 1. The summed E-state index contributed by atoms with van der Waals surface area (Å²) >= 11 is 12.7. The summed E-state index contributed by atoms with van der Waals surface area (Å²) in [5.41, 5.74) is 2.36. The highest BCUT2D eigenvalue weighted by Gasteiger charge is 2.33. The molecule has 0 unspecified atom stereocenters. The average Bonchev–Trinajstić information content (AvgIpc) is 3.33. The van der Waals surface area contributed by atoms with Gasteiger partial charge in [0.15, 0.2) is 0 Å². The van der Waals surface area contributed by atoms with Crippen molar-refractivity contribution >= 4 is 23.2 Å². The van der Waals surface area contributed by atoms with Gasteiger partial charge < -0.3 is 9.26 Å². The predicted molar refractivity (Wildman–Crippen MR) is 96.3 cm³/mol. The Labute approximate surface area is 152 Å². The Morgan fingerprint density at radius 1 is 1.25 bits per heavy atom. The van der Waals surface area contributed by atoms with E-state index in [2.05, 4.69) is 11.1 Å². The molecule has 0 atom stereocenters. The summed E-state index contributed by atoms with van der Waals surface area (Å²) in [5, 5.41) is 5.37. The number of nitrogens with zero attached hydrogens (tertiary/aromatic N) is 1. The average molecular weight is 364 g/mol. The molecule has 24 heavy (non-hydrogen) atoms. The molecular weight excluding hydrogens is 345 g/mol. The second kappa shape index (κ2) is 8.07. The molecule has 0 spiro atoms. The van der Waals surface area contributed by atoms with Gasteiger partial charge >= 0.3 is 0 Å². The van der Waals surface area contributed by atoms with Crippen molar-refractivity contribution in [1.82, 2.24) is 5.16 Å². The van der Waals surface area contributed by atoms with E-state index >= 15 is 0 Å². The molecule has 0 aliphatic heterocycles. The van der Waals surface area contributed by atoms with Gasteiger partial charge in [0.1, 0.15) is 11.5 Å². The van der Waals surface area contributed by atoms with Crippen LogP contribution in [0.1, 0.15) is 49.3 Å². The number of hydrogen-bond donors (Lipinski definition) is 0. The van der Waals surface area contributed by atoms with Gasteiger partial charge in [-0.1, -0.05) is 34.4 Å². The summed E-state index contributed by atoms with van der Waals surface area (Å²) in [4.78, 5) is 0. The molecule has 0 saturated heterocycles. The number of ether oxygens (including phenoxy) is 1. The molecule has 1 aromatic carbocycles. The van der Waals surface area contributed by atoms with Crippen molar-refractivity contribution in [2.75, 3.05) is 6.61 Å². The predicted octanol–water partition coefficient (Wildman–Crippen LogP) is 5.85. The summed E-state index contributed by atoms with van der Waals surface area (Å²) in [5.74, 6) is 3.98. The minimum Gasteiger partial charge on any atom is -0.377 e. The molecule has 3 nitrogen and oxygen atoms in total. The maximum atomic E-state index is 6.33. The zero-order valence-electron chi connectivity index (χ0n) is 13.4. The van der Waals surface area contributed by atoms with Gasteiger partial charge in [-0.15, -0.1) is 12.3 Å². The lowest BCUT2D eigenvalue weighted by Gasteiger charge is -2.08. The Balaban J connectivity index is 1.79. The summed E-state index contributed by atoms with van der Waals surface area (Å²) in [6, 6.07) is 5.43. The second-order valence-electron chi connectivity index (χ2n) is 5.96. The highest BCUT2D eigenvalue weighted by molar-refractivity contribution is 6.39. The summed E-state index contributed by atoms with van der Waals surface area (Å²) in [6.45, 7) is 1.11. The molecule has 1 fully saturated rings. The molecule has 0 bridgehead atoms. The third kappa shape index (κ3) is 3.95. The van der Waals surface area contributed by atoms with Gasteiger partial charge in [-0.3, -0.25) is 0 Å². The van der Waals surface area contributed by atoms with E-state index in [9.17, 15) is 0 Å². The minimum absolute atomic E-state index is 0.438. The van der Waals surface area contributed by atoms with Crippen LogP contribution in [0.3, 0.4) is 0 Å². The normalized spacial score (nSPS) is 13.9. The van der Waals surface area contributed by atoms with Gasteiger partial charge in [-0.2, -0.15) is 0 Å². The van der Waals surface area contributed by atoms with Gasteiger partial charge in [0.2, 0.25) is 0 Å². The fraction of sp³-hybridized carbons (Fsp3) is 0.421. The Hall–Kier alpha value is -1.47. The van der Waals surface area contributed by atoms with Crippen molar-refractivity contribution in [2.24, 2.45) is 0 Å². The lowest BCUT2D eigenvalue weighted by molar-refractivity contribution is 0.116. The van der Waals surface area contributed by atoms with E-state index in [1.54, 1.807) is 12.1 Å². The van der Waals surface area contributed by atoms with Gasteiger partial charge in [-0.05, 0) is 37.8 Å². The van der Waals surface area contributed by atoms with E-state index in [4.69, 9.17) is 38.9 Å². The number of halogens is 2. The van der Waals surface area contributed by atoms with E-state index in [1.807, 2.05) is 6.07 Å². The van der Waals surface area contributed by atoms with Crippen LogP contribution in [0.4, 0.5) is 0 Å². The Morgan fingerprint density at radius 3 is 2.67 bits per heavy atom. The molecule has 1 aliphatic carbocycles. The van der Waals surface area contributed by atoms with E-state index in [-0.39, 0.29) is 0 Å². The Bertz CT molecular complexity index is 724. The molecule has 0 N–H and O–H groups in total. The van der Waals surface area contributed by atoms with E-state index in [1.165, 1.54) is 0 Å². The van der Waals surface area contributed by atoms with Gasteiger partial charge in [0, 0.05) is 30.1 Å². The molecular formula is C19H19Cl2NO2.